The second-order valence-electron chi connectivity index (χ2n) is 9.37. The van der Waals surface area contributed by atoms with Crippen molar-refractivity contribution in [3.63, 3.8) is 0 Å². The molecule has 1 heterocycles. The third-order valence-electron chi connectivity index (χ3n) is 6.24. The van der Waals surface area contributed by atoms with Crippen LogP contribution < -0.4 is 29.3 Å². The quantitative estimate of drug-likeness (QED) is 0.160. The van der Waals surface area contributed by atoms with Crippen molar-refractivity contribution in [3.05, 3.63) is 102 Å². The first-order valence-electron chi connectivity index (χ1n) is 13.3. The Morgan fingerprint density at radius 1 is 0.932 bits per heavy atom. The van der Waals surface area contributed by atoms with Gasteiger partial charge in [-0.05, 0) is 73.2 Å². The molecule has 0 bridgehead atoms. The molecule has 0 atom stereocenters. The molecule has 13 heteroatoms. The summed E-state index contributed by atoms with van der Waals surface area (Å²) >= 11 is 0. The summed E-state index contributed by atoms with van der Waals surface area (Å²) in [4.78, 5) is 25.0. The van der Waals surface area contributed by atoms with Crippen LogP contribution in [0.1, 0.15) is 16.9 Å². The van der Waals surface area contributed by atoms with E-state index in [-0.39, 0.29) is 35.4 Å². The predicted molar refractivity (Wildman–Crippen MR) is 163 cm³/mol. The van der Waals surface area contributed by atoms with Crippen LogP contribution in [0, 0.1) is 6.92 Å². The van der Waals surface area contributed by atoms with E-state index < -0.39 is 22.5 Å². The van der Waals surface area contributed by atoms with Gasteiger partial charge in [0.1, 0.15) is 29.6 Å². The van der Waals surface area contributed by atoms with Crippen molar-refractivity contribution in [1.29, 1.82) is 0 Å². The van der Waals surface area contributed by atoms with E-state index in [1.807, 2.05) is 6.92 Å². The molecule has 12 nitrogen and oxygen atoms in total. The van der Waals surface area contributed by atoms with E-state index in [2.05, 4.69) is 15.8 Å². The number of sulfonamides is 1. The number of hydrogen-bond donors (Lipinski definition) is 2. The van der Waals surface area contributed by atoms with E-state index in [1.165, 1.54) is 44.9 Å². The van der Waals surface area contributed by atoms with Crippen molar-refractivity contribution in [2.75, 3.05) is 31.7 Å². The monoisotopic (exact) mass is 620 g/mol. The highest BCUT2D eigenvalue weighted by Gasteiger charge is 2.30. The molecule has 44 heavy (non-hydrogen) atoms. The first-order chi connectivity index (χ1) is 21.2. The number of ether oxygens (including phenoxy) is 3. The summed E-state index contributed by atoms with van der Waals surface area (Å²) in [5.41, 5.74) is 4.00. The lowest BCUT2D eigenvalue weighted by Gasteiger charge is -2.25. The van der Waals surface area contributed by atoms with Crippen molar-refractivity contribution >= 4 is 33.7 Å². The minimum atomic E-state index is -4.19. The molecule has 0 spiro atoms. The number of hydrogen-bond acceptors (Lipinski definition) is 9. The van der Waals surface area contributed by atoms with Gasteiger partial charge in [-0.3, -0.25) is 13.9 Å². The minimum absolute atomic E-state index is 0.00147. The van der Waals surface area contributed by atoms with E-state index in [4.69, 9.17) is 18.6 Å². The average Bonchev–Trinajstić information content (AvgIpc) is 3.56. The van der Waals surface area contributed by atoms with Crippen LogP contribution in [0.15, 0.2) is 99.5 Å². The van der Waals surface area contributed by atoms with Crippen molar-refractivity contribution < 1.29 is 36.6 Å². The lowest BCUT2D eigenvalue weighted by atomic mass is 10.2. The number of nitrogens with zero attached hydrogens (tertiary/aromatic N) is 2. The molecule has 230 valence electrons. The lowest BCUT2D eigenvalue weighted by Crippen LogP contribution is -2.39. The predicted octanol–water partition coefficient (Wildman–Crippen LogP) is 3.65. The molecular formula is C31H32N4O8S. The Kier molecular flexibility index (Phi) is 10.6. The highest BCUT2D eigenvalue weighted by molar-refractivity contribution is 7.92. The number of carbonyl (C=O) groups excluding carboxylic acids is 2. The highest BCUT2D eigenvalue weighted by atomic mass is 32.2. The Balaban J connectivity index is 1.40. The fraction of sp³-hybridized carbons (Fsp3) is 0.194. The summed E-state index contributed by atoms with van der Waals surface area (Å²) in [5.74, 6) is 0.709. The molecule has 2 amide bonds. The molecule has 0 aliphatic heterocycles. The van der Waals surface area contributed by atoms with Crippen LogP contribution in [0.3, 0.4) is 0 Å². The number of amides is 2. The van der Waals surface area contributed by atoms with Gasteiger partial charge in [0.25, 0.3) is 21.8 Å². The standard InChI is InChI=1S/C31H32N4O8S/c1-22-6-13-27(14-7-22)44(38,39)35(28-17-25(40-2)12-15-29(28)41-3)20-30(36)34-33-18-23-8-10-24(11-9-23)43-21-31(37)32-19-26-5-4-16-42-26/h4-18H,19-21H2,1-3H3,(H,32,37)(H,34,36)/b33-18-. The molecule has 0 saturated carbocycles. The van der Waals surface area contributed by atoms with Crippen LogP contribution in [0.4, 0.5) is 5.69 Å². The number of rotatable bonds is 14. The molecule has 0 radical (unpaired) electrons. The van der Waals surface area contributed by atoms with Gasteiger partial charge in [0.15, 0.2) is 6.61 Å². The summed E-state index contributed by atoms with van der Waals surface area (Å²) < 4.78 is 49.8. The number of furan rings is 1. The van der Waals surface area contributed by atoms with E-state index in [9.17, 15) is 18.0 Å². The number of benzene rings is 3. The lowest BCUT2D eigenvalue weighted by molar-refractivity contribution is -0.123. The zero-order valence-corrected chi connectivity index (χ0v) is 25.2. The first kappa shape index (κ1) is 31.6. The van der Waals surface area contributed by atoms with Crippen molar-refractivity contribution in [1.82, 2.24) is 10.7 Å². The number of hydrazone groups is 1. The molecule has 4 aromatic rings. The second kappa shape index (κ2) is 14.7. The van der Waals surface area contributed by atoms with Crippen LogP contribution in [0.2, 0.25) is 0 Å². The number of nitrogens with one attached hydrogen (secondary N) is 2. The molecule has 0 saturated heterocycles. The fourth-order valence-electron chi connectivity index (χ4n) is 3.92. The molecule has 4 rings (SSSR count). The van der Waals surface area contributed by atoms with Gasteiger partial charge in [-0.15, -0.1) is 0 Å². The van der Waals surface area contributed by atoms with E-state index in [0.717, 1.165) is 9.87 Å². The summed E-state index contributed by atoms with van der Waals surface area (Å²) in [6.45, 7) is 1.34. The summed E-state index contributed by atoms with van der Waals surface area (Å²) in [5, 5.41) is 6.66. The van der Waals surface area contributed by atoms with Crippen molar-refractivity contribution in [2.45, 2.75) is 18.4 Å². The van der Waals surface area contributed by atoms with Crippen LogP contribution in [0.25, 0.3) is 0 Å². The first-order valence-corrected chi connectivity index (χ1v) is 14.8. The summed E-state index contributed by atoms with van der Waals surface area (Å²) in [6, 6.07) is 21.1. The van der Waals surface area contributed by atoms with Crippen LogP contribution in [0.5, 0.6) is 17.2 Å². The number of methoxy groups -OCH3 is 2. The summed E-state index contributed by atoms with van der Waals surface area (Å²) in [7, 11) is -1.34. The number of anilines is 1. The Labute approximate surface area is 255 Å². The molecule has 0 unspecified atom stereocenters. The third kappa shape index (κ3) is 8.38. The molecule has 2 N–H and O–H groups in total. The van der Waals surface area contributed by atoms with Gasteiger partial charge in [-0.2, -0.15) is 5.10 Å². The number of aryl methyl sites for hydroxylation is 1. The van der Waals surface area contributed by atoms with Gasteiger partial charge in [-0.1, -0.05) is 17.7 Å². The maximum Gasteiger partial charge on any atom is 0.264 e. The number of carbonyl (C=O) groups is 2. The smallest absolute Gasteiger partial charge is 0.264 e. The zero-order valence-electron chi connectivity index (χ0n) is 24.4. The fourth-order valence-corrected chi connectivity index (χ4v) is 5.35. The SMILES string of the molecule is COc1ccc(OC)c(N(CC(=O)N/N=C\c2ccc(OCC(=O)NCc3ccco3)cc2)S(=O)(=O)c2ccc(C)cc2)c1. The summed E-state index contributed by atoms with van der Waals surface area (Å²) in [6.07, 6.45) is 2.92. The minimum Gasteiger partial charge on any atom is -0.497 e. The Bertz CT molecular complexity index is 1690. The van der Waals surface area contributed by atoms with Gasteiger partial charge in [0, 0.05) is 6.07 Å². The Morgan fingerprint density at radius 3 is 2.32 bits per heavy atom. The van der Waals surface area contributed by atoms with Gasteiger partial charge in [0.2, 0.25) is 0 Å². The normalized spacial score (nSPS) is 11.2. The molecule has 0 aliphatic rings. The molecule has 1 aromatic heterocycles. The van der Waals surface area contributed by atoms with Gasteiger partial charge >= 0.3 is 0 Å². The van der Waals surface area contributed by atoms with E-state index >= 15 is 0 Å². The topological polar surface area (TPSA) is 149 Å². The van der Waals surface area contributed by atoms with Gasteiger partial charge in [0.05, 0.1) is 43.8 Å². The zero-order chi connectivity index (χ0) is 31.5. The second-order valence-corrected chi connectivity index (χ2v) is 11.2. The maximum absolute atomic E-state index is 13.7. The van der Waals surface area contributed by atoms with Crippen LogP contribution in [-0.4, -0.2) is 53.8 Å². The van der Waals surface area contributed by atoms with E-state index in [1.54, 1.807) is 60.7 Å². The van der Waals surface area contributed by atoms with Gasteiger partial charge in [-0.25, -0.2) is 13.8 Å². The molecular weight excluding hydrogens is 588 g/mol. The Hall–Kier alpha value is -5.30. The maximum atomic E-state index is 13.7. The van der Waals surface area contributed by atoms with Crippen LogP contribution in [-0.2, 0) is 26.2 Å². The largest absolute Gasteiger partial charge is 0.497 e. The van der Waals surface area contributed by atoms with Crippen LogP contribution >= 0.6 is 0 Å². The third-order valence-corrected chi connectivity index (χ3v) is 8.02. The highest BCUT2D eigenvalue weighted by Crippen LogP contribution is 2.35. The molecule has 0 aliphatic carbocycles. The molecule has 0 fully saturated rings. The Morgan fingerprint density at radius 2 is 1.66 bits per heavy atom. The molecule has 3 aromatic carbocycles. The average molecular weight is 621 g/mol. The van der Waals surface area contributed by atoms with E-state index in [0.29, 0.717) is 22.8 Å². The van der Waals surface area contributed by atoms with Gasteiger partial charge < -0.3 is 23.9 Å². The van der Waals surface area contributed by atoms with Crippen molar-refractivity contribution in [2.24, 2.45) is 5.10 Å². The van der Waals surface area contributed by atoms with Crippen molar-refractivity contribution in [3.8, 4) is 17.2 Å².